The van der Waals surface area contributed by atoms with Crippen molar-refractivity contribution < 1.29 is 14.0 Å². The summed E-state index contributed by atoms with van der Waals surface area (Å²) < 4.78 is 7.91. The summed E-state index contributed by atoms with van der Waals surface area (Å²) in [7, 11) is 0. The number of nitrogens with zero attached hydrogens (tertiary/aromatic N) is 2. The molecule has 27 heavy (non-hydrogen) atoms. The van der Waals surface area contributed by atoms with E-state index < -0.39 is 0 Å². The van der Waals surface area contributed by atoms with E-state index in [-0.39, 0.29) is 23.6 Å². The molecule has 3 aromatic rings. The number of furan rings is 1. The minimum atomic E-state index is -0.342. The highest BCUT2D eigenvalue weighted by Crippen LogP contribution is 2.27. The smallest absolute Gasteiger partial charge is 0.291 e. The van der Waals surface area contributed by atoms with Gasteiger partial charge in [-0.25, -0.2) is 0 Å². The van der Waals surface area contributed by atoms with Crippen molar-refractivity contribution in [2.75, 3.05) is 11.9 Å². The van der Waals surface area contributed by atoms with Crippen LogP contribution in [0.4, 0.5) is 5.69 Å². The Morgan fingerprint density at radius 3 is 2.59 bits per heavy atom. The molecule has 2 aromatic heterocycles. The Balaban J connectivity index is 1.46. The van der Waals surface area contributed by atoms with Gasteiger partial charge in [-0.05, 0) is 71.4 Å². The molecule has 3 heterocycles. The number of amides is 2. The van der Waals surface area contributed by atoms with Crippen LogP contribution in [-0.2, 0) is 6.54 Å². The summed E-state index contributed by atoms with van der Waals surface area (Å²) in [5.74, 6) is -0.139. The molecule has 0 fully saturated rings. The second-order valence-electron chi connectivity index (χ2n) is 6.44. The SMILES string of the molecule is CC1c2cccn2CCN1C(=O)c1ccc(NC(=O)c2ccc(Br)o2)cc1. The molecule has 1 atom stereocenters. The van der Waals surface area contributed by atoms with Gasteiger partial charge in [0.1, 0.15) is 0 Å². The van der Waals surface area contributed by atoms with Crippen molar-refractivity contribution in [1.29, 1.82) is 0 Å². The lowest BCUT2D eigenvalue weighted by Gasteiger charge is -2.35. The fourth-order valence-corrected chi connectivity index (χ4v) is 3.65. The maximum absolute atomic E-state index is 12.9. The molecule has 1 unspecified atom stereocenters. The van der Waals surface area contributed by atoms with Crippen molar-refractivity contribution in [3.63, 3.8) is 0 Å². The van der Waals surface area contributed by atoms with Gasteiger partial charge in [0.25, 0.3) is 11.8 Å². The first-order valence-electron chi connectivity index (χ1n) is 8.65. The molecule has 1 aliphatic rings. The number of hydrogen-bond donors (Lipinski definition) is 1. The van der Waals surface area contributed by atoms with Crippen molar-refractivity contribution in [2.45, 2.75) is 19.5 Å². The van der Waals surface area contributed by atoms with Crippen molar-refractivity contribution in [2.24, 2.45) is 0 Å². The van der Waals surface area contributed by atoms with Crippen molar-refractivity contribution >= 4 is 33.4 Å². The minimum Gasteiger partial charge on any atom is -0.444 e. The zero-order chi connectivity index (χ0) is 19.0. The van der Waals surface area contributed by atoms with Gasteiger partial charge in [0.15, 0.2) is 10.4 Å². The molecule has 138 valence electrons. The molecular formula is C20H18BrN3O3. The average Bonchev–Trinajstić information content (AvgIpc) is 3.31. The number of aromatic nitrogens is 1. The monoisotopic (exact) mass is 427 g/mol. The standard InChI is InChI=1S/C20H18BrN3O3/c1-13-16-3-2-10-23(16)11-12-24(13)20(26)14-4-6-15(7-5-14)22-19(25)17-8-9-18(21)27-17/h2-10,13H,11-12H2,1H3,(H,22,25). The van der Waals surface area contributed by atoms with E-state index in [1.807, 2.05) is 24.1 Å². The van der Waals surface area contributed by atoms with Gasteiger partial charge in [-0.15, -0.1) is 0 Å². The lowest BCUT2D eigenvalue weighted by molar-refractivity contribution is 0.0644. The molecule has 1 N–H and O–H groups in total. The van der Waals surface area contributed by atoms with E-state index in [0.29, 0.717) is 22.5 Å². The highest BCUT2D eigenvalue weighted by atomic mass is 79.9. The van der Waals surface area contributed by atoms with Gasteiger partial charge >= 0.3 is 0 Å². The fraction of sp³-hybridized carbons (Fsp3) is 0.200. The number of rotatable bonds is 3. The first-order chi connectivity index (χ1) is 13.0. The van der Waals surface area contributed by atoms with Crippen LogP contribution in [0.3, 0.4) is 0 Å². The Labute approximate surface area is 164 Å². The van der Waals surface area contributed by atoms with Gasteiger partial charge in [-0.2, -0.15) is 0 Å². The molecule has 6 nitrogen and oxygen atoms in total. The van der Waals surface area contributed by atoms with E-state index in [0.717, 1.165) is 12.2 Å². The maximum atomic E-state index is 12.9. The van der Waals surface area contributed by atoms with E-state index in [2.05, 4.69) is 31.9 Å². The topological polar surface area (TPSA) is 67.5 Å². The second-order valence-corrected chi connectivity index (χ2v) is 7.22. The van der Waals surface area contributed by atoms with Crippen LogP contribution in [0.25, 0.3) is 0 Å². The molecule has 0 radical (unpaired) electrons. The lowest BCUT2D eigenvalue weighted by Crippen LogP contribution is -2.40. The average molecular weight is 428 g/mol. The van der Waals surface area contributed by atoms with Gasteiger partial charge < -0.3 is 19.2 Å². The largest absolute Gasteiger partial charge is 0.444 e. The van der Waals surface area contributed by atoms with Gasteiger partial charge in [0.2, 0.25) is 0 Å². The highest BCUT2D eigenvalue weighted by Gasteiger charge is 2.28. The number of hydrogen-bond acceptors (Lipinski definition) is 3. The number of carbonyl (C=O) groups excluding carboxylic acids is 2. The summed E-state index contributed by atoms with van der Waals surface area (Å²) >= 11 is 3.17. The summed E-state index contributed by atoms with van der Waals surface area (Å²) in [6, 6.07) is 14.2. The fourth-order valence-electron chi connectivity index (χ4n) is 3.35. The molecule has 2 amide bonds. The first kappa shape index (κ1) is 17.6. The van der Waals surface area contributed by atoms with Gasteiger partial charge in [-0.3, -0.25) is 9.59 Å². The van der Waals surface area contributed by atoms with Crippen molar-refractivity contribution in [3.05, 3.63) is 76.4 Å². The van der Waals surface area contributed by atoms with Gasteiger partial charge in [-0.1, -0.05) is 0 Å². The van der Waals surface area contributed by atoms with Crippen LogP contribution in [-0.4, -0.2) is 27.8 Å². The lowest BCUT2D eigenvalue weighted by atomic mass is 10.1. The second kappa shape index (κ2) is 7.08. The van der Waals surface area contributed by atoms with Crippen LogP contribution >= 0.6 is 15.9 Å². The summed E-state index contributed by atoms with van der Waals surface area (Å²) in [6.45, 7) is 3.51. The Morgan fingerprint density at radius 2 is 1.89 bits per heavy atom. The van der Waals surface area contributed by atoms with Crippen LogP contribution in [0.15, 0.2) is 63.8 Å². The quantitative estimate of drug-likeness (QED) is 0.676. The van der Waals surface area contributed by atoms with Crippen molar-refractivity contribution in [3.8, 4) is 0 Å². The highest BCUT2D eigenvalue weighted by molar-refractivity contribution is 9.10. The molecule has 0 aliphatic carbocycles. The summed E-state index contributed by atoms with van der Waals surface area (Å²) in [5.41, 5.74) is 2.34. The number of benzene rings is 1. The maximum Gasteiger partial charge on any atom is 0.291 e. The predicted octanol–water partition coefficient (Wildman–Crippen LogP) is 4.31. The summed E-state index contributed by atoms with van der Waals surface area (Å²) in [5, 5.41) is 2.75. The molecule has 7 heteroatoms. The van der Waals surface area contributed by atoms with Crippen LogP contribution in [0, 0.1) is 0 Å². The Hall–Kier alpha value is -2.80. The minimum absolute atomic E-state index is 0.0113. The number of nitrogens with one attached hydrogen (secondary N) is 1. The van der Waals surface area contributed by atoms with Gasteiger partial charge in [0, 0.05) is 36.2 Å². The molecule has 1 aliphatic heterocycles. The third-order valence-electron chi connectivity index (χ3n) is 4.79. The number of anilines is 1. The van der Waals surface area contributed by atoms with E-state index in [9.17, 15) is 9.59 Å². The molecule has 1 aromatic carbocycles. The van der Waals surface area contributed by atoms with Crippen LogP contribution in [0.2, 0.25) is 0 Å². The van der Waals surface area contributed by atoms with Crippen LogP contribution in [0.5, 0.6) is 0 Å². The van der Waals surface area contributed by atoms with E-state index >= 15 is 0 Å². The van der Waals surface area contributed by atoms with Crippen molar-refractivity contribution in [1.82, 2.24) is 9.47 Å². The molecule has 0 saturated heterocycles. The van der Waals surface area contributed by atoms with Crippen LogP contribution < -0.4 is 5.32 Å². The molecule has 4 rings (SSSR count). The normalized spacial score (nSPS) is 16.1. The third kappa shape index (κ3) is 3.42. The third-order valence-corrected chi connectivity index (χ3v) is 5.22. The van der Waals surface area contributed by atoms with E-state index in [1.54, 1.807) is 36.4 Å². The zero-order valence-electron chi connectivity index (χ0n) is 14.7. The predicted molar refractivity (Wildman–Crippen MR) is 105 cm³/mol. The molecule has 0 bridgehead atoms. The van der Waals surface area contributed by atoms with Crippen LogP contribution in [0.1, 0.15) is 39.6 Å². The molecule has 0 saturated carbocycles. The van der Waals surface area contributed by atoms with E-state index in [4.69, 9.17) is 4.42 Å². The first-order valence-corrected chi connectivity index (χ1v) is 9.45. The van der Waals surface area contributed by atoms with E-state index in [1.165, 1.54) is 0 Å². The number of halogens is 1. The zero-order valence-corrected chi connectivity index (χ0v) is 16.3. The Kier molecular flexibility index (Phi) is 4.61. The molecular weight excluding hydrogens is 410 g/mol. The number of carbonyl (C=O) groups is 2. The summed E-state index contributed by atoms with van der Waals surface area (Å²) in [6.07, 6.45) is 2.04. The molecule has 0 spiro atoms. The number of fused-ring (bicyclic) bond motifs is 1. The Morgan fingerprint density at radius 1 is 1.11 bits per heavy atom. The Bertz CT molecular complexity index is 990. The summed E-state index contributed by atoms with van der Waals surface area (Å²) in [4.78, 5) is 26.9. The van der Waals surface area contributed by atoms with Gasteiger partial charge in [0.05, 0.1) is 6.04 Å².